The Balaban J connectivity index is 1.97. The van der Waals surface area contributed by atoms with Gasteiger partial charge in [-0.1, -0.05) is 0 Å². The number of aliphatic hydroxyl groups is 1. The number of hydrogen-bond acceptors (Lipinski definition) is 8. The third-order valence-corrected chi connectivity index (χ3v) is 4.33. The second-order valence-corrected chi connectivity index (χ2v) is 5.82. The van der Waals surface area contributed by atoms with Gasteiger partial charge in [0.15, 0.2) is 0 Å². The van der Waals surface area contributed by atoms with Crippen molar-refractivity contribution >= 4 is 5.95 Å². The van der Waals surface area contributed by atoms with Crippen LogP contribution < -0.4 is 15.4 Å². The van der Waals surface area contributed by atoms with Gasteiger partial charge in [0.2, 0.25) is 11.8 Å². The first-order valence-electron chi connectivity index (χ1n) is 7.49. The molecule has 1 aliphatic rings. The van der Waals surface area contributed by atoms with E-state index in [0.29, 0.717) is 24.7 Å². The molecular formula is C15H19FN6O2. The standard InChI is InChI=1S/C15H19FN6O2/c1-9-12(16)13(24-2)21-14(20-9)22-6-10(7-23)15(17,8-22)11-5-18-3-4-19-11/h3-5,10,23H,6-8,17H2,1-2H3. The van der Waals surface area contributed by atoms with Crippen LogP contribution in [0.4, 0.5) is 10.3 Å². The van der Waals surface area contributed by atoms with Gasteiger partial charge in [-0.15, -0.1) is 0 Å². The molecule has 0 aromatic carbocycles. The topological polar surface area (TPSA) is 110 Å². The third kappa shape index (κ3) is 2.65. The summed E-state index contributed by atoms with van der Waals surface area (Å²) in [4.78, 5) is 18.4. The lowest BCUT2D eigenvalue weighted by atomic mass is 9.86. The van der Waals surface area contributed by atoms with Gasteiger partial charge < -0.3 is 20.5 Å². The highest BCUT2D eigenvalue weighted by Gasteiger charge is 2.47. The Morgan fingerprint density at radius 3 is 2.88 bits per heavy atom. The number of nitrogens with zero attached hydrogens (tertiary/aromatic N) is 5. The number of nitrogens with two attached hydrogens (primary N) is 1. The minimum atomic E-state index is -0.901. The zero-order valence-corrected chi connectivity index (χ0v) is 13.5. The van der Waals surface area contributed by atoms with Crippen LogP contribution in [0, 0.1) is 18.7 Å². The van der Waals surface area contributed by atoms with Gasteiger partial charge in [0.25, 0.3) is 5.88 Å². The summed E-state index contributed by atoms with van der Waals surface area (Å²) in [6.45, 7) is 2.16. The number of anilines is 1. The van der Waals surface area contributed by atoms with Gasteiger partial charge >= 0.3 is 0 Å². The quantitative estimate of drug-likeness (QED) is 0.804. The third-order valence-electron chi connectivity index (χ3n) is 4.33. The molecule has 24 heavy (non-hydrogen) atoms. The van der Waals surface area contributed by atoms with Crippen molar-refractivity contribution in [3.05, 3.63) is 35.8 Å². The van der Waals surface area contributed by atoms with Crippen molar-refractivity contribution in [1.82, 2.24) is 19.9 Å². The van der Waals surface area contributed by atoms with E-state index in [0.717, 1.165) is 0 Å². The van der Waals surface area contributed by atoms with Crippen molar-refractivity contribution in [3.63, 3.8) is 0 Å². The molecule has 0 aliphatic carbocycles. The van der Waals surface area contributed by atoms with Gasteiger partial charge in [0.05, 0.1) is 30.2 Å². The van der Waals surface area contributed by atoms with E-state index in [1.165, 1.54) is 7.11 Å². The van der Waals surface area contributed by atoms with E-state index in [1.54, 1.807) is 30.4 Å². The highest BCUT2D eigenvalue weighted by Crippen LogP contribution is 2.35. The summed E-state index contributed by atoms with van der Waals surface area (Å²) in [7, 11) is 1.35. The summed E-state index contributed by atoms with van der Waals surface area (Å²) in [6, 6.07) is 0. The van der Waals surface area contributed by atoms with Crippen LogP contribution in [-0.4, -0.2) is 51.8 Å². The molecular weight excluding hydrogens is 315 g/mol. The van der Waals surface area contributed by atoms with E-state index in [-0.39, 0.29) is 24.1 Å². The van der Waals surface area contributed by atoms with Crippen molar-refractivity contribution in [3.8, 4) is 5.88 Å². The van der Waals surface area contributed by atoms with Crippen LogP contribution in [0.15, 0.2) is 18.6 Å². The molecule has 0 radical (unpaired) electrons. The SMILES string of the molecule is COc1nc(N2CC(CO)C(N)(c3cnccn3)C2)nc(C)c1F. The lowest BCUT2D eigenvalue weighted by Gasteiger charge is -2.28. The van der Waals surface area contributed by atoms with Crippen LogP contribution in [0.3, 0.4) is 0 Å². The maximum absolute atomic E-state index is 13.9. The fourth-order valence-electron chi connectivity index (χ4n) is 2.94. The Hall–Kier alpha value is -2.39. The fourth-order valence-corrected chi connectivity index (χ4v) is 2.94. The molecule has 3 N–H and O–H groups in total. The molecule has 1 fully saturated rings. The number of methoxy groups -OCH3 is 1. The van der Waals surface area contributed by atoms with Crippen LogP contribution in [0.5, 0.6) is 5.88 Å². The number of ether oxygens (including phenoxy) is 1. The van der Waals surface area contributed by atoms with Gasteiger partial charge in [-0.2, -0.15) is 9.37 Å². The summed E-state index contributed by atoms with van der Waals surface area (Å²) < 4.78 is 18.8. The van der Waals surface area contributed by atoms with Gasteiger partial charge in [0.1, 0.15) is 0 Å². The number of rotatable bonds is 4. The molecule has 2 aromatic rings. The molecule has 2 aromatic heterocycles. The number of hydrogen-bond donors (Lipinski definition) is 2. The van der Waals surface area contributed by atoms with E-state index in [1.807, 2.05) is 0 Å². The molecule has 8 nitrogen and oxygen atoms in total. The molecule has 0 amide bonds. The molecule has 128 valence electrons. The second-order valence-electron chi connectivity index (χ2n) is 5.82. The Labute approximate surface area is 138 Å². The Bertz CT molecular complexity index is 731. The maximum atomic E-state index is 13.9. The van der Waals surface area contributed by atoms with Crippen molar-refractivity contribution < 1.29 is 14.2 Å². The van der Waals surface area contributed by atoms with E-state index >= 15 is 0 Å². The van der Waals surface area contributed by atoms with Gasteiger partial charge in [0, 0.05) is 38.0 Å². The minimum absolute atomic E-state index is 0.118. The summed E-state index contributed by atoms with van der Waals surface area (Å²) in [6.07, 6.45) is 4.71. The van der Waals surface area contributed by atoms with E-state index in [4.69, 9.17) is 10.5 Å². The predicted molar refractivity (Wildman–Crippen MR) is 84.0 cm³/mol. The summed E-state index contributed by atoms with van der Waals surface area (Å²) in [5, 5.41) is 9.75. The first-order chi connectivity index (χ1) is 11.5. The molecule has 1 aliphatic heterocycles. The fraction of sp³-hybridized carbons (Fsp3) is 0.467. The number of aryl methyl sites for hydroxylation is 1. The summed E-state index contributed by atoms with van der Waals surface area (Å²) in [5.74, 6) is -0.686. The molecule has 1 saturated heterocycles. The van der Waals surface area contributed by atoms with Gasteiger partial charge in [-0.3, -0.25) is 9.97 Å². The second kappa shape index (κ2) is 6.25. The van der Waals surface area contributed by atoms with E-state index in [9.17, 15) is 9.50 Å². The van der Waals surface area contributed by atoms with Gasteiger partial charge in [-0.25, -0.2) is 4.98 Å². The van der Waals surface area contributed by atoms with E-state index in [2.05, 4.69) is 19.9 Å². The van der Waals surface area contributed by atoms with Gasteiger partial charge in [-0.05, 0) is 6.92 Å². The Morgan fingerprint density at radius 2 is 2.25 bits per heavy atom. The molecule has 9 heteroatoms. The maximum Gasteiger partial charge on any atom is 0.255 e. The lowest BCUT2D eigenvalue weighted by molar-refractivity contribution is 0.184. The highest BCUT2D eigenvalue weighted by molar-refractivity contribution is 5.40. The first kappa shape index (κ1) is 16.5. The average molecular weight is 334 g/mol. The molecule has 0 saturated carbocycles. The molecule has 3 rings (SSSR count). The molecule has 2 atom stereocenters. The van der Waals surface area contributed by atoms with Crippen molar-refractivity contribution in [1.29, 1.82) is 0 Å². The largest absolute Gasteiger partial charge is 0.479 e. The van der Waals surface area contributed by atoms with Crippen molar-refractivity contribution in [2.45, 2.75) is 12.5 Å². The molecule has 3 heterocycles. The summed E-state index contributed by atoms with van der Waals surface area (Å²) in [5.41, 5.74) is 6.40. The molecule has 0 spiro atoms. The average Bonchev–Trinajstić information content (AvgIpc) is 2.96. The molecule has 2 unspecified atom stereocenters. The van der Waals surface area contributed by atoms with Crippen LogP contribution in [-0.2, 0) is 5.54 Å². The molecule has 0 bridgehead atoms. The number of halogens is 1. The van der Waals surface area contributed by atoms with E-state index < -0.39 is 11.4 Å². The van der Waals surface area contributed by atoms with Crippen LogP contribution in [0.25, 0.3) is 0 Å². The van der Waals surface area contributed by atoms with Crippen molar-refractivity contribution in [2.24, 2.45) is 11.7 Å². The monoisotopic (exact) mass is 334 g/mol. The predicted octanol–water partition coefficient (Wildman–Crippen LogP) is 0.00542. The smallest absolute Gasteiger partial charge is 0.255 e. The van der Waals surface area contributed by atoms with Crippen molar-refractivity contribution in [2.75, 3.05) is 31.7 Å². The normalized spacial score (nSPS) is 23.5. The number of aromatic nitrogens is 4. The van der Waals surface area contributed by atoms with Crippen LogP contribution in [0.2, 0.25) is 0 Å². The summed E-state index contributed by atoms with van der Waals surface area (Å²) >= 11 is 0. The highest BCUT2D eigenvalue weighted by atomic mass is 19.1. The zero-order chi connectivity index (χ0) is 17.3. The first-order valence-corrected chi connectivity index (χ1v) is 7.49. The van der Waals surface area contributed by atoms with Crippen LogP contribution >= 0.6 is 0 Å². The van der Waals surface area contributed by atoms with Crippen LogP contribution in [0.1, 0.15) is 11.4 Å². The minimum Gasteiger partial charge on any atom is -0.479 e. The zero-order valence-electron chi connectivity index (χ0n) is 13.5. The Kier molecular flexibility index (Phi) is 4.29. The Morgan fingerprint density at radius 1 is 1.46 bits per heavy atom. The lowest BCUT2D eigenvalue weighted by Crippen LogP contribution is -2.46. The number of aliphatic hydroxyl groups excluding tert-OH is 1.